The van der Waals surface area contributed by atoms with Crippen molar-refractivity contribution in [2.45, 2.75) is 13.8 Å². The van der Waals surface area contributed by atoms with E-state index in [1.54, 1.807) is 43.0 Å². The van der Waals surface area contributed by atoms with Crippen molar-refractivity contribution in [2.24, 2.45) is 0 Å². The number of aromatic nitrogens is 4. The number of piperazine rings is 1. The van der Waals surface area contributed by atoms with Gasteiger partial charge in [-0.2, -0.15) is 0 Å². The number of carbonyl (C=O) groups is 2. The second-order valence-corrected chi connectivity index (χ2v) is 7.62. The summed E-state index contributed by atoms with van der Waals surface area (Å²) in [7, 11) is 0. The number of benzene rings is 1. The average Bonchev–Trinajstić information content (AvgIpc) is 3.25. The second-order valence-electron chi connectivity index (χ2n) is 7.62. The molecule has 176 valence electrons. The molecule has 3 aromatic rings. The molecular weight excluding hydrogens is 442 g/mol. The Labute approximate surface area is 194 Å². The van der Waals surface area contributed by atoms with Crippen LogP contribution in [0.15, 0.2) is 42.6 Å². The van der Waals surface area contributed by atoms with Crippen molar-refractivity contribution >= 4 is 23.4 Å². The van der Waals surface area contributed by atoms with Crippen LogP contribution in [-0.4, -0.2) is 74.5 Å². The number of nitro groups is 1. The summed E-state index contributed by atoms with van der Waals surface area (Å²) in [5, 5.41) is 19.1. The van der Waals surface area contributed by atoms with Crippen LogP contribution in [0.25, 0.3) is 5.69 Å². The van der Waals surface area contributed by atoms with Gasteiger partial charge in [-0.05, 0) is 32.0 Å². The largest absolute Gasteiger partial charge is 0.462 e. The number of ether oxygens (including phenoxy) is 1. The number of nitro benzene ring substituents is 1. The van der Waals surface area contributed by atoms with Gasteiger partial charge in [0, 0.05) is 44.5 Å². The maximum absolute atomic E-state index is 13.1. The van der Waals surface area contributed by atoms with Gasteiger partial charge in [0.2, 0.25) is 0 Å². The molecule has 3 heterocycles. The topological polar surface area (TPSA) is 137 Å². The van der Waals surface area contributed by atoms with E-state index in [0.29, 0.717) is 55.5 Å². The number of hydrogen-bond donors (Lipinski definition) is 0. The van der Waals surface area contributed by atoms with E-state index in [1.165, 1.54) is 23.0 Å². The molecule has 34 heavy (non-hydrogen) atoms. The lowest BCUT2D eigenvalue weighted by atomic mass is 10.2. The van der Waals surface area contributed by atoms with Crippen LogP contribution in [0.1, 0.15) is 33.5 Å². The van der Waals surface area contributed by atoms with Gasteiger partial charge in [-0.15, -0.1) is 5.10 Å². The number of esters is 1. The molecule has 1 aromatic carbocycles. The fourth-order valence-corrected chi connectivity index (χ4v) is 3.71. The number of rotatable bonds is 6. The maximum Gasteiger partial charge on any atom is 0.339 e. The van der Waals surface area contributed by atoms with Crippen LogP contribution in [0.5, 0.6) is 0 Å². The smallest absolute Gasteiger partial charge is 0.339 e. The van der Waals surface area contributed by atoms with Gasteiger partial charge in [-0.25, -0.2) is 14.5 Å². The van der Waals surface area contributed by atoms with Crippen LogP contribution in [0.4, 0.5) is 11.5 Å². The highest BCUT2D eigenvalue weighted by Crippen LogP contribution is 2.20. The van der Waals surface area contributed by atoms with E-state index >= 15 is 0 Å². The molecule has 1 amide bonds. The lowest BCUT2D eigenvalue weighted by Crippen LogP contribution is -2.49. The molecule has 2 aromatic heterocycles. The number of non-ortho nitro benzene ring substituents is 1. The molecule has 0 aliphatic carbocycles. The lowest BCUT2D eigenvalue weighted by Gasteiger charge is -2.35. The van der Waals surface area contributed by atoms with Crippen molar-refractivity contribution in [3.8, 4) is 5.69 Å². The van der Waals surface area contributed by atoms with E-state index in [4.69, 9.17) is 4.74 Å². The Balaban J connectivity index is 1.42. The van der Waals surface area contributed by atoms with Gasteiger partial charge in [0.05, 0.1) is 28.5 Å². The van der Waals surface area contributed by atoms with Gasteiger partial charge in [0.1, 0.15) is 5.82 Å². The van der Waals surface area contributed by atoms with E-state index in [1.807, 2.05) is 4.90 Å². The van der Waals surface area contributed by atoms with Crippen LogP contribution in [0.3, 0.4) is 0 Å². The molecule has 0 bridgehead atoms. The molecule has 0 spiro atoms. The normalized spacial score (nSPS) is 13.6. The number of hydrogen-bond acceptors (Lipinski definition) is 9. The van der Waals surface area contributed by atoms with Crippen LogP contribution >= 0.6 is 0 Å². The number of amides is 1. The molecule has 12 nitrogen and oxygen atoms in total. The Bertz CT molecular complexity index is 1220. The average molecular weight is 465 g/mol. The molecule has 0 unspecified atom stereocenters. The maximum atomic E-state index is 13.1. The predicted octanol–water partition coefficient (Wildman–Crippen LogP) is 2.02. The summed E-state index contributed by atoms with van der Waals surface area (Å²) in [6.45, 7) is 5.81. The fourth-order valence-electron chi connectivity index (χ4n) is 3.71. The highest BCUT2D eigenvalue weighted by atomic mass is 16.6. The molecule has 1 saturated heterocycles. The Hall–Kier alpha value is -4.35. The molecule has 4 rings (SSSR count). The van der Waals surface area contributed by atoms with Crippen molar-refractivity contribution in [3.05, 3.63) is 69.7 Å². The van der Waals surface area contributed by atoms with E-state index in [2.05, 4.69) is 15.3 Å². The lowest BCUT2D eigenvalue weighted by molar-refractivity contribution is -0.384. The second kappa shape index (κ2) is 9.65. The van der Waals surface area contributed by atoms with E-state index in [0.717, 1.165) is 0 Å². The molecular formula is C22H23N7O5. The fraction of sp³-hybridized carbons (Fsp3) is 0.318. The van der Waals surface area contributed by atoms with Crippen LogP contribution < -0.4 is 4.90 Å². The first kappa shape index (κ1) is 22.8. The van der Waals surface area contributed by atoms with Gasteiger partial charge >= 0.3 is 5.97 Å². The molecule has 0 saturated carbocycles. The first-order valence-electron chi connectivity index (χ1n) is 10.7. The predicted molar refractivity (Wildman–Crippen MR) is 121 cm³/mol. The third-order valence-electron chi connectivity index (χ3n) is 5.53. The molecule has 1 fully saturated rings. The Kier molecular flexibility index (Phi) is 6.48. The highest BCUT2D eigenvalue weighted by molar-refractivity contribution is 5.93. The summed E-state index contributed by atoms with van der Waals surface area (Å²) in [6.07, 6.45) is 1.49. The van der Waals surface area contributed by atoms with Crippen molar-refractivity contribution in [2.75, 3.05) is 37.7 Å². The molecule has 12 heteroatoms. The molecule has 0 radical (unpaired) electrons. The minimum absolute atomic E-state index is 0.0692. The number of anilines is 1. The summed E-state index contributed by atoms with van der Waals surface area (Å²) in [5.41, 5.74) is 1.49. The van der Waals surface area contributed by atoms with Crippen molar-refractivity contribution < 1.29 is 19.2 Å². The Morgan fingerprint density at radius 3 is 2.56 bits per heavy atom. The number of pyridine rings is 1. The van der Waals surface area contributed by atoms with E-state index in [-0.39, 0.29) is 17.3 Å². The van der Waals surface area contributed by atoms with Crippen molar-refractivity contribution in [1.82, 2.24) is 24.9 Å². The van der Waals surface area contributed by atoms with Crippen LogP contribution in [-0.2, 0) is 4.74 Å². The van der Waals surface area contributed by atoms with Crippen molar-refractivity contribution in [3.63, 3.8) is 0 Å². The van der Waals surface area contributed by atoms with E-state index in [9.17, 15) is 19.7 Å². The molecule has 0 N–H and O–H groups in total. The summed E-state index contributed by atoms with van der Waals surface area (Å²) in [5.74, 6) is 0.0536. The molecule has 0 atom stereocenters. The van der Waals surface area contributed by atoms with E-state index < -0.39 is 10.9 Å². The highest BCUT2D eigenvalue weighted by Gasteiger charge is 2.27. The minimum atomic E-state index is -0.486. The zero-order valence-electron chi connectivity index (χ0n) is 18.7. The summed E-state index contributed by atoms with van der Waals surface area (Å²) >= 11 is 0. The number of carbonyl (C=O) groups excluding carboxylic acids is 2. The Morgan fingerprint density at radius 1 is 1.15 bits per heavy atom. The summed E-state index contributed by atoms with van der Waals surface area (Å²) in [6, 6.07) is 9.44. The third kappa shape index (κ3) is 4.56. The van der Waals surface area contributed by atoms with Gasteiger partial charge in [-0.3, -0.25) is 14.9 Å². The molecule has 1 aliphatic heterocycles. The van der Waals surface area contributed by atoms with Gasteiger partial charge in [0.25, 0.3) is 11.6 Å². The van der Waals surface area contributed by atoms with Crippen LogP contribution in [0.2, 0.25) is 0 Å². The Morgan fingerprint density at radius 2 is 1.91 bits per heavy atom. The number of nitrogens with zero attached hydrogens (tertiary/aromatic N) is 7. The first-order chi connectivity index (χ1) is 16.4. The third-order valence-corrected chi connectivity index (χ3v) is 5.53. The quantitative estimate of drug-likeness (QED) is 0.304. The van der Waals surface area contributed by atoms with Gasteiger partial charge in [-0.1, -0.05) is 11.3 Å². The van der Waals surface area contributed by atoms with Gasteiger partial charge < -0.3 is 14.5 Å². The minimum Gasteiger partial charge on any atom is -0.462 e. The summed E-state index contributed by atoms with van der Waals surface area (Å²) < 4.78 is 6.39. The summed E-state index contributed by atoms with van der Waals surface area (Å²) in [4.78, 5) is 43.5. The molecule has 1 aliphatic rings. The van der Waals surface area contributed by atoms with Crippen LogP contribution in [0, 0.1) is 17.0 Å². The first-order valence-corrected chi connectivity index (χ1v) is 10.7. The zero-order chi connectivity index (χ0) is 24.2. The standard InChI is InChI=1S/C22H23N7O5/c1-3-34-22(31)16-7-8-19(23-14-16)26-9-11-27(12-10-26)21(30)20-15(2)28(25-24-20)17-5-4-6-18(13-17)29(32)33/h4-8,13-14H,3,9-12H2,1-2H3. The van der Waals surface area contributed by atoms with Crippen molar-refractivity contribution in [1.29, 1.82) is 0 Å². The SMILES string of the molecule is CCOC(=O)c1ccc(N2CCN(C(=O)c3nnn(-c4cccc([N+](=O)[O-])c4)c3C)CC2)nc1. The monoisotopic (exact) mass is 465 g/mol. The zero-order valence-corrected chi connectivity index (χ0v) is 18.7. The van der Waals surface area contributed by atoms with Gasteiger partial charge in [0.15, 0.2) is 5.69 Å².